The van der Waals surface area contributed by atoms with E-state index in [1.54, 1.807) is 13.2 Å². The molecule has 2 aromatic rings. The summed E-state index contributed by atoms with van der Waals surface area (Å²) < 4.78 is 5.98. The van der Waals surface area contributed by atoms with E-state index in [0.29, 0.717) is 22.8 Å². The molecule has 2 nitrogen and oxygen atoms in total. The summed E-state index contributed by atoms with van der Waals surface area (Å²) in [5.41, 5.74) is 2.69. The quantitative estimate of drug-likeness (QED) is 0.733. The molecule has 2 aromatic carbocycles. The Bertz CT molecular complexity index is 657. The summed E-state index contributed by atoms with van der Waals surface area (Å²) in [6.07, 6.45) is 3.87. The van der Waals surface area contributed by atoms with Gasteiger partial charge in [0.05, 0.1) is 7.11 Å². The zero-order valence-electron chi connectivity index (χ0n) is 11.9. The molecule has 0 N–H and O–H groups in total. The average molecular weight is 345 g/mol. The lowest BCUT2D eigenvalue weighted by atomic mass is 9.80. The van der Waals surface area contributed by atoms with E-state index >= 15 is 0 Å². The molecule has 0 saturated heterocycles. The van der Waals surface area contributed by atoms with Gasteiger partial charge in [0.2, 0.25) is 0 Å². The minimum atomic E-state index is 0.0148. The molecule has 1 aliphatic rings. The minimum absolute atomic E-state index is 0.0148. The zero-order valence-corrected chi connectivity index (χ0v) is 13.5. The minimum Gasteiger partial charge on any atom is -0.497 e. The normalized spacial score (nSPS) is 14.6. The van der Waals surface area contributed by atoms with Crippen LogP contribution in [0.1, 0.15) is 46.7 Å². The maximum Gasteiger partial charge on any atom is 0.194 e. The number of carbonyl (C=O) groups excluding carboxylic acids is 1. The lowest BCUT2D eigenvalue weighted by molar-refractivity contribution is 0.103. The van der Waals surface area contributed by atoms with Crippen LogP contribution in [0.2, 0.25) is 0 Å². The van der Waals surface area contributed by atoms with Crippen molar-refractivity contribution in [1.29, 1.82) is 0 Å². The summed E-state index contributed by atoms with van der Waals surface area (Å²) in [6.45, 7) is 0. The monoisotopic (exact) mass is 344 g/mol. The first kappa shape index (κ1) is 14.3. The lowest BCUT2D eigenvalue weighted by Crippen LogP contribution is -2.09. The second-order valence-electron chi connectivity index (χ2n) is 5.42. The second-order valence-corrected chi connectivity index (χ2v) is 6.28. The predicted octanol–water partition coefficient (Wildman–Crippen LogP) is 4.96. The van der Waals surface area contributed by atoms with Crippen LogP contribution in [0, 0.1) is 0 Å². The summed E-state index contributed by atoms with van der Waals surface area (Å²) >= 11 is 3.44. The first-order chi connectivity index (χ1) is 10.2. The largest absolute Gasteiger partial charge is 0.497 e. The summed E-state index contributed by atoms with van der Waals surface area (Å²) in [7, 11) is 1.60. The highest BCUT2D eigenvalue weighted by molar-refractivity contribution is 9.10. The van der Waals surface area contributed by atoms with Crippen molar-refractivity contribution in [3.63, 3.8) is 0 Å². The molecule has 0 atom stereocenters. The Kier molecular flexibility index (Phi) is 4.11. The SMILES string of the molecule is COc1ccc(Br)c(C(=O)c2ccc(C3CCC3)cc2)c1. The number of hydrogen-bond acceptors (Lipinski definition) is 2. The number of halogens is 1. The van der Waals surface area contributed by atoms with Crippen molar-refractivity contribution >= 4 is 21.7 Å². The zero-order chi connectivity index (χ0) is 14.8. The third-order valence-electron chi connectivity index (χ3n) is 4.17. The van der Waals surface area contributed by atoms with Crippen LogP contribution in [-0.4, -0.2) is 12.9 Å². The van der Waals surface area contributed by atoms with E-state index in [2.05, 4.69) is 28.1 Å². The highest BCUT2D eigenvalue weighted by Gasteiger charge is 2.20. The summed E-state index contributed by atoms with van der Waals surface area (Å²) in [4.78, 5) is 12.6. The third kappa shape index (κ3) is 2.88. The van der Waals surface area contributed by atoms with Gasteiger partial charge in [0.15, 0.2) is 5.78 Å². The van der Waals surface area contributed by atoms with Crippen LogP contribution in [0.5, 0.6) is 5.75 Å². The maximum absolute atomic E-state index is 12.6. The number of methoxy groups -OCH3 is 1. The van der Waals surface area contributed by atoms with Crippen LogP contribution in [0.3, 0.4) is 0 Å². The van der Waals surface area contributed by atoms with Crippen molar-refractivity contribution < 1.29 is 9.53 Å². The number of carbonyl (C=O) groups is 1. The van der Waals surface area contributed by atoms with E-state index < -0.39 is 0 Å². The van der Waals surface area contributed by atoms with Gasteiger partial charge in [-0.05, 0) is 42.5 Å². The Balaban J connectivity index is 1.87. The van der Waals surface area contributed by atoms with E-state index in [1.165, 1.54) is 24.8 Å². The van der Waals surface area contributed by atoms with Gasteiger partial charge in [0.1, 0.15) is 5.75 Å². The molecule has 0 bridgehead atoms. The third-order valence-corrected chi connectivity index (χ3v) is 4.86. The first-order valence-corrected chi connectivity index (χ1v) is 7.96. The molecule has 0 aromatic heterocycles. The fourth-order valence-corrected chi connectivity index (χ4v) is 3.04. The van der Waals surface area contributed by atoms with Crippen LogP contribution < -0.4 is 4.74 Å². The van der Waals surface area contributed by atoms with Crippen LogP contribution in [0.15, 0.2) is 46.9 Å². The molecule has 1 saturated carbocycles. The molecule has 0 aliphatic heterocycles. The number of ketones is 1. The van der Waals surface area contributed by atoms with Gasteiger partial charge >= 0.3 is 0 Å². The van der Waals surface area contributed by atoms with Crippen molar-refractivity contribution in [2.24, 2.45) is 0 Å². The molecule has 108 valence electrons. The van der Waals surface area contributed by atoms with E-state index in [-0.39, 0.29) is 5.78 Å². The number of rotatable bonds is 4. The highest BCUT2D eigenvalue weighted by atomic mass is 79.9. The average Bonchev–Trinajstić information content (AvgIpc) is 2.46. The fourth-order valence-electron chi connectivity index (χ4n) is 2.61. The Morgan fingerprint density at radius 1 is 1.14 bits per heavy atom. The Labute approximate surface area is 133 Å². The van der Waals surface area contributed by atoms with Gasteiger partial charge in [-0.25, -0.2) is 0 Å². The topological polar surface area (TPSA) is 26.3 Å². The summed E-state index contributed by atoms with van der Waals surface area (Å²) in [5.74, 6) is 1.39. The van der Waals surface area contributed by atoms with Crippen LogP contribution in [-0.2, 0) is 0 Å². The molecule has 1 fully saturated rings. The van der Waals surface area contributed by atoms with Crippen molar-refractivity contribution in [2.75, 3.05) is 7.11 Å². The molecule has 3 heteroatoms. The van der Waals surface area contributed by atoms with Gasteiger partial charge < -0.3 is 4.74 Å². The standard InChI is InChI=1S/C18H17BrO2/c1-21-15-9-10-17(19)16(11-15)18(20)14-7-5-13(6-8-14)12-3-2-4-12/h5-12H,2-4H2,1H3. The molecule has 0 spiro atoms. The Hall–Kier alpha value is -1.61. The Morgan fingerprint density at radius 2 is 1.86 bits per heavy atom. The number of benzene rings is 2. The highest BCUT2D eigenvalue weighted by Crippen LogP contribution is 2.36. The van der Waals surface area contributed by atoms with Crippen molar-refractivity contribution in [1.82, 2.24) is 0 Å². The molecule has 1 aliphatic carbocycles. The molecule has 21 heavy (non-hydrogen) atoms. The van der Waals surface area contributed by atoms with E-state index in [4.69, 9.17) is 4.74 Å². The maximum atomic E-state index is 12.6. The van der Waals surface area contributed by atoms with Crippen molar-refractivity contribution in [3.8, 4) is 5.75 Å². The van der Waals surface area contributed by atoms with Gasteiger partial charge in [-0.1, -0.05) is 46.6 Å². The molecular weight excluding hydrogens is 328 g/mol. The molecule has 0 radical (unpaired) electrons. The summed E-state index contributed by atoms with van der Waals surface area (Å²) in [6, 6.07) is 13.5. The number of ether oxygens (including phenoxy) is 1. The summed E-state index contributed by atoms with van der Waals surface area (Å²) in [5, 5.41) is 0. The second kappa shape index (κ2) is 6.02. The van der Waals surface area contributed by atoms with E-state index in [1.807, 2.05) is 24.3 Å². The predicted molar refractivity (Wildman–Crippen MR) is 87.2 cm³/mol. The van der Waals surface area contributed by atoms with Gasteiger partial charge in [-0.2, -0.15) is 0 Å². The molecule has 0 heterocycles. The molecule has 0 amide bonds. The Morgan fingerprint density at radius 3 is 2.43 bits per heavy atom. The fraction of sp³-hybridized carbons (Fsp3) is 0.278. The van der Waals surface area contributed by atoms with Crippen LogP contribution >= 0.6 is 15.9 Å². The molecular formula is C18H17BrO2. The van der Waals surface area contributed by atoms with Gasteiger partial charge in [0, 0.05) is 15.6 Å². The van der Waals surface area contributed by atoms with Gasteiger partial charge in [0.25, 0.3) is 0 Å². The number of hydrogen-bond donors (Lipinski definition) is 0. The van der Waals surface area contributed by atoms with Crippen molar-refractivity contribution in [3.05, 3.63) is 63.6 Å². The van der Waals surface area contributed by atoms with Gasteiger partial charge in [-0.15, -0.1) is 0 Å². The van der Waals surface area contributed by atoms with Crippen molar-refractivity contribution in [2.45, 2.75) is 25.2 Å². The lowest BCUT2D eigenvalue weighted by Gasteiger charge is -2.25. The van der Waals surface area contributed by atoms with E-state index in [0.717, 1.165) is 4.47 Å². The van der Waals surface area contributed by atoms with Crippen LogP contribution in [0.25, 0.3) is 0 Å². The van der Waals surface area contributed by atoms with Gasteiger partial charge in [-0.3, -0.25) is 4.79 Å². The first-order valence-electron chi connectivity index (χ1n) is 7.17. The smallest absolute Gasteiger partial charge is 0.194 e. The molecule has 3 rings (SSSR count). The van der Waals surface area contributed by atoms with E-state index in [9.17, 15) is 4.79 Å². The van der Waals surface area contributed by atoms with Crippen LogP contribution in [0.4, 0.5) is 0 Å². The molecule has 0 unspecified atom stereocenters.